The van der Waals surface area contributed by atoms with Gasteiger partial charge in [0.2, 0.25) is 0 Å². The van der Waals surface area contributed by atoms with Crippen LogP contribution in [0.1, 0.15) is 32.3 Å². The molecule has 0 aliphatic rings. The van der Waals surface area contributed by atoms with Crippen molar-refractivity contribution in [2.45, 2.75) is 37.6 Å². The van der Waals surface area contributed by atoms with E-state index in [0.717, 1.165) is 10.6 Å². The third-order valence-electron chi connectivity index (χ3n) is 3.06. The van der Waals surface area contributed by atoms with Crippen LogP contribution in [0.25, 0.3) is 0 Å². The molecule has 0 bridgehead atoms. The highest BCUT2D eigenvalue weighted by Gasteiger charge is 2.17. The third-order valence-corrected chi connectivity index (χ3v) is 3.84. The predicted octanol–water partition coefficient (Wildman–Crippen LogP) is 3.36. The van der Waals surface area contributed by atoms with Crippen molar-refractivity contribution < 1.29 is 9.90 Å². The lowest BCUT2D eigenvalue weighted by Gasteiger charge is -2.30. The Labute approximate surface area is 124 Å². The number of rotatable bonds is 7. The Morgan fingerprint density at radius 1 is 1.50 bits per heavy atom. The Morgan fingerprint density at radius 3 is 2.70 bits per heavy atom. The molecule has 0 saturated carbocycles. The average molecular weight is 292 g/mol. The Bertz CT molecular complexity index is 509. The number of carbonyl (C=O) groups is 1. The molecule has 1 aromatic carbocycles. The van der Waals surface area contributed by atoms with Gasteiger partial charge in [0.25, 0.3) is 0 Å². The van der Waals surface area contributed by atoms with Gasteiger partial charge in [-0.05, 0) is 38.7 Å². The number of anilines is 1. The van der Waals surface area contributed by atoms with Gasteiger partial charge >= 0.3 is 5.97 Å². The van der Waals surface area contributed by atoms with Gasteiger partial charge in [-0.1, -0.05) is 6.07 Å². The van der Waals surface area contributed by atoms with Crippen LogP contribution in [0.2, 0.25) is 0 Å². The van der Waals surface area contributed by atoms with Crippen LogP contribution in [-0.4, -0.2) is 29.9 Å². The third kappa shape index (κ3) is 4.17. The van der Waals surface area contributed by atoms with Gasteiger partial charge in [-0.25, -0.2) is 0 Å². The smallest absolute Gasteiger partial charge is 0.303 e. The van der Waals surface area contributed by atoms with E-state index in [1.807, 2.05) is 38.3 Å². The van der Waals surface area contributed by atoms with Gasteiger partial charge in [0.05, 0.1) is 11.3 Å². The molecule has 4 nitrogen and oxygen atoms in total. The fraction of sp³-hybridized carbons (Fsp3) is 0.467. The Morgan fingerprint density at radius 2 is 2.20 bits per heavy atom. The van der Waals surface area contributed by atoms with Gasteiger partial charge in [-0.15, -0.1) is 11.8 Å². The van der Waals surface area contributed by atoms with Crippen LogP contribution in [0.5, 0.6) is 0 Å². The Kier molecular flexibility index (Phi) is 6.40. The molecule has 0 unspecified atom stereocenters. The molecule has 0 aromatic heterocycles. The van der Waals surface area contributed by atoms with Crippen LogP contribution in [0, 0.1) is 11.3 Å². The molecule has 0 spiro atoms. The molecule has 1 aromatic rings. The summed E-state index contributed by atoms with van der Waals surface area (Å²) in [4.78, 5) is 13.7. The van der Waals surface area contributed by atoms with Crippen molar-refractivity contribution >= 4 is 23.4 Å². The number of benzene rings is 1. The molecule has 108 valence electrons. The average Bonchev–Trinajstić information content (AvgIpc) is 2.42. The second kappa shape index (κ2) is 7.81. The largest absolute Gasteiger partial charge is 0.481 e. The minimum atomic E-state index is -0.785. The van der Waals surface area contributed by atoms with E-state index in [1.165, 1.54) is 0 Å². The number of thioether (sulfide) groups is 1. The molecule has 20 heavy (non-hydrogen) atoms. The van der Waals surface area contributed by atoms with E-state index in [1.54, 1.807) is 11.8 Å². The first kappa shape index (κ1) is 16.4. The number of nitriles is 1. The molecule has 0 saturated heterocycles. The molecule has 0 atom stereocenters. The van der Waals surface area contributed by atoms with E-state index in [-0.39, 0.29) is 12.5 Å². The van der Waals surface area contributed by atoms with Crippen molar-refractivity contribution in [3.8, 4) is 6.07 Å². The molecule has 0 heterocycles. The maximum absolute atomic E-state index is 10.6. The quantitative estimate of drug-likeness (QED) is 0.781. The molecule has 0 amide bonds. The summed E-state index contributed by atoms with van der Waals surface area (Å²) < 4.78 is 0. The van der Waals surface area contributed by atoms with Gasteiger partial charge in [0.1, 0.15) is 6.07 Å². The highest BCUT2D eigenvalue weighted by molar-refractivity contribution is 7.98. The molecular formula is C15H20N2O2S. The summed E-state index contributed by atoms with van der Waals surface area (Å²) in [6, 6.07) is 8.29. The van der Waals surface area contributed by atoms with Crippen LogP contribution in [0.3, 0.4) is 0 Å². The van der Waals surface area contributed by atoms with E-state index in [0.29, 0.717) is 18.5 Å². The fourth-order valence-corrected chi connectivity index (χ4v) is 2.67. The summed E-state index contributed by atoms with van der Waals surface area (Å²) in [6.45, 7) is 4.73. The molecule has 0 aliphatic carbocycles. The molecule has 0 aliphatic heterocycles. The van der Waals surface area contributed by atoms with Crippen LogP contribution in [0.4, 0.5) is 5.69 Å². The van der Waals surface area contributed by atoms with Crippen LogP contribution in [-0.2, 0) is 4.79 Å². The monoisotopic (exact) mass is 292 g/mol. The predicted molar refractivity (Wildman–Crippen MR) is 82.3 cm³/mol. The maximum atomic E-state index is 10.6. The van der Waals surface area contributed by atoms with E-state index < -0.39 is 5.97 Å². The highest BCUT2D eigenvalue weighted by atomic mass is 32.2. The number of carboxylic acid groups (broad SMARTS) is 1. The van der Waals surface area contributed by atoms with Crippen molar-refractivity contribution in [1.29, 1.82) is 5.26 Å². The van der Waals surface area contributed by atoms with E-state index >= 15 is 0 Å². The van der Waals surface area contributed by atoms with Gasteiger partial charge in [-0.2, -0.15) is 5.26 Å². The number of nitrogens with zero attached hydrogens (tertiary/aromatic N) is 2. The highest BCUT2D eigenvalue weighted by Crippen LogP contribution is 2.30. The Hall–Kier alpha value is -1.67. The normalized spacial score (nSPS) is 10.3. The first-order chi connectivity index (χ1) is 9.51. The fourth-order valence-electron chi connectivity index (χ4n) is 2.10. The number of hydrogen-bond donors (Lipinski definition) is 1. The minimum absolute atomic E-state index is 0.146. The van der Waals surface area contributed by atoms with Crippen molar-refractivity contribution in [3.05, 3.63) is 23.8 Å². The zero-order valence-corrected chi connectivity index (χ0v) is 12.9. The van der Waals surface area contributed by atoms with Crippen LogP contribution < -0.4 is 4.90 Å². The molecular weight excluding hydrogens is 272 g/mol. The summed E-state index contributed by atoms with van der Waals surface area (Å²) >= 11 is 1.55. The van der Waals surface area contributed by atoms with Crippen molar-refractivity contribution in [2.75, 3.05) is 17.7 Å². The SMILES string of the molecule is CSc1cccc(N(CCCC(=O)O)C(C)C)c1C#N. The number of aliphatic carboxylic acids is 1. The molecule has 1 N–H and O–H groups in total. The molecule has 5 heteroatoms. The molecule has 1 rings (SSSR count). The zero-order valence-electron chi connectivity index (χ0n) is 12.1. The van der Waals surface area contributed by atoms with Gasteiger partial charge < -0.3 is 10.0 Å². The summed E-state index contributed by atoms with van der Waals surface area (Å²) in [6.07, 6.45) is 2.67. The first-order valence-electron chi connectivity index (χ1n) is 6.56. The van der Waals surface area contributed by atoms with E-state index in [9.17, 15) is 10.1 Å². The van der Waals surface area contributed by atoms with Gasteiger partial charge in [0.15, 0.2) is 0 Å². The second-order valence-corrected chi connectivity index (χ2v) is 5.60. The maximum Gasteiger partial charge on any atom is 0.303 e. The lowest BCUT2D eigenvalue weighted by Crippen LogP contribution is -2.32. The topological polar surface area (TPSA) is 64.3 Å². The summed E-state index contributed by atoms with van der Waals surface area (Å²) in [5.74, 6) is -0.785. The second-order valence-electron chi connectivity index (χ2n) is 4.75. The number of hydrogen-bond acceptors (Lipinski definition) is 4. The van der Waals surface area contributed by atoms with Gasteiger partial charge in [-0.3, -0.25) is 4.79 Å². The summed E-state index contributed by atoms with van der Waals surface area (Å²) in [5, 5.41) is 18.1. The molecule has 0 radical (unpaired) electrons. The van der Waals surface area contributed by atoms with Crippen LogP contribution >= 0.6 is 11.8 Å². The van der Waals surface area contributed by atoms with Crippen molar-refractivity contribution in [1.82, 2.24) is 0 Å². The van der Waals surface area contributed by atoms with Gasteiger partial charge in [0, 0.05) is 23.9 Å². The lowest BCUT2D eigenvalue weighted by molar-refractivity contribution is -0.137. The van der Waals surface area contributed by atoms with E-state index in [4.69, 9.17) is 5.11 Å². The Balaban J connectivity index is 3.03. The van der Waals surface area contributed by atoms with Crippen LogP contribution in [0.15, 0.2) is 23.1 Å². The minimum Gasteiger partial charge on any atom is -0.481 e. The standard InChI is InChI=1S/C15H20N2O2S/c1-11(2)17(9-5-8-15(18)19)13-6-4-7-14(20-3)12(13)10-16/h4,6-7,11H,5,8-9H2,1-3H3,(H,18,19). The lowest BCUT2D eigenvalue weighted by atomic mass is 10.1. The van der Waals surface area contributed by atoms with Crippen molar-refractivity contribution in [2.24, 2.45) is 0 Å². The van der Waals surface area contributed by atoms with E-state index in [2.05, 4.69) is 11.0 Å². The molecule has 0 fully saturated rings. The van der Waals surface area contributed by atoms with Crippen molar-refractivity contribution in [3.63, 3.8) is 0 Å². The number of carboxylic acids is 1. The summed E-state index contributed by atoms with van der Waals surface area (Å²) in [5.41, 5.74) is 1.56. The summed E-state index contributed by atoms with van der Waals surface area (Å²) in [7, 11) is 0. The first-order valence-corrected chi connectivity index (χ1v) is 7.79. The zero-order chi connectivity index (χ0) is 15.1.